The van der Waals surface area contributed by atoms with E-state index in [9.17, 15) is 0 Å². The Hall–Kier alpha value is -0.590. The minimum Gasteiger partial charge on any atom is -0.338 e. The molecule has 0 amide bonds. The van der Waals surface area contributed by atoms with Gasteiger partial charge in [-0.3, -0.25) is 4.90 Å². The van der Waals surface area contributed by atoms with Crippen molar-refractivity contribution in [1.82, 2.24) is 15.0 Å². The second-order valence-corrected chi connectivity index (χ2v) is 6.12. The van der Waals surface area contributed by atoms with Crippen LogP contribution in [0.3, 0.4) is 0 Å². The topological polar surface area (TPSA) is 68.2 Å². The van der Waals surface area contributed by atoms with Gasteiger partial charge in [-0.1, -0.05) is 25.4 Å². The average Bonchev–Trinajstić information content (AvgIpc) is 2.87. The summed E-state index contributed by atoms with van der Waals surface area (Å²) < 4.78 is 5.33. The van der Waals surface area contributed by atoms with Crippen molar-refractivity contribution >= 4 is 11.8 Å². The fraction of sp³-hybridized carbons (Fsp3) is 0.833. The minimum atomic E-state index is -0.155. The standard InChI is InChI=1S/C12H22N4OS/c1-4-8(2)10(13)12-14-11(15-17-12)9-7-18-6-5-16(9)3/h8-10H,4-7,13H2,1-3H3. The van der Waals surface area contributed by atoms with Gasteiger partial charge in [-0.25, -0.2) is 0 Å². The van der Waals surface area contributed by atoms with Crippen LogP contribution in [0.1, 0.15) is 44.1 Å². The van der Waals surface area contributed by atoms with Gasteiger partial charge in [0.2, 0.25) is 5.89 Å². The van der Waals surface area contributed by atoms with Gasteiger partial charge in [0.15, 0.2) is 5.82 Å². The molecule has 1 fully saturated rings. The van der Waals surface area contributed by atoms with Crippen LogP contribution in [0.4, 0.5) is 0 Å². The van der Waals surface area contributed by atoms with E-state index in [-0.39, 0.29) is 12.1 Å². The molecule has 102 valence electrons. The molecule has 0 spiro atoms. The largest absolute Gasteiger partial charge is 0.338 e. The fourth-order valence-corrected chi connectivity index (χ4v) is 3.18. The third-order valence-corrected chi connectivity index (χ3v) is 4.72. The van der Waals surface area contributed by atoms with Crippen LogP contribution >= 0.6 is 11.8 Å². The second kappa shape index (κ2) is 6.04. The minimum absolute atomic E-state index is 0.155. The maximum absolute atomic E-state index is 6.11. The van der Waals surface area contributed by atoms with E-state index >= 15 is 0 Å². The summed E-state index contributed by atoms with van der Waals surface area (Å²) in [6.45, 7) is 5.29. The van der Waals surface area contributed by atoms with Crippen LogP contribution in [-0.2, 0) is 0 Å². The highest BCUT2D eigenvalue weighted by atomic mass is 32.2. The molecule has 0 aromatic carbocycles. The molecular formula is C12H22N4OS. The molecule has 3 unspecified atom stereocenters. The summed E-state index contributed by atoms with van der Waals surface area (Å²) >= 11 is 1.94. The molecule has 5 nitrogen and oxygen atoms in total. The van der Waals surface area contributed by atoms with Crippen LogP contribution in [-0.4, -0.2) is 40.1 Å². The Morgan fingerprint density at radius 3 is 3.06 bits per heavy atom. The summed E-state index contributed by atoms with van der Waals surface area (Å²) in [5, 5.41) is 4.11. The maximum Gasteiger partial charge on any atom is 0.243 e. The number of rotatable bonds is 4. The monoisotopic (exact) mass is 270 g/mol. The maximum atomic E-state index is 6.11. The molecule has 0 saturated carbocycles. The zero-order valence-electron chi connectivity index (χ0n) is 11.3. The lowest BCUT2D eigenvalue weighted by molar-refractivity contribution is 0.254. The van der Waals surface area contributed by atoms with E-state index in [1.165, 1.54) is 5.75 Å². The molecule has 18 heavy (non-hydrogen) atoms. The molecule has 2 rings (SSSR count). The van der Waals surface area contributed by atoms with Crippen LogP contribution in [0, 0.1) is 5.92 Å². The van der Waals surface area contributed by atoms with Crippen molar-refractivity contribution in [2.75, 3.05) is 25.1 Å². The van der Waals surface area contributed by atoms with Gasteiger partial charge in [0, 0.05) is 18.1 Å². The highest BCUT2D eigenvalue weighted by molar-refractivity contribution is 7.99. The van der Waals surface area contributed by atoms with Crippen LogP contribution < -0.4 is 5.73 Å². The van der Waals surface area contributed by atoms with Gasteiger partial charge in [-0.2, -0.15) is 16.7 Å². The smallest absolute Gasteiger partial charge is 0.243 e. The number of aromatic nitrogens is 2. The molecule has 0 bridgehead atoms. The molecule has 0 aliphatic carbocycles. The SMILES string of the molecule is CCC(C)C(N)c1nc(C2CSCCN2C)no1. The van der Waals surface area contributed by atoms with Gasteiger partial charge in [0.25, 0.3) is 0 Å². The van der Waals surface area contributed by atoms with Gasteiger partial charge in [-0.15, -0.1) is 0 Å². The Morgan fingerprint density at radius 1 is 1.61 bits per heavy atom. The molecule has 1 saturated heterocycles. The van der Waals surface area contributed by atoms with Crippen molar-refractivity contribution in [3.05, 3.63) is 11.7 Å². The second-order valence-electron chi connectivity index (χ2n) is 4.97. The Labute approximate surface area is 112 Å². The average molecular weight is 270 g/mol. The van der Waals surface area contributed by atoms with Crippen LogP contribution in [0.15, 0.2) is 4.52 Å². The van der Waals surface area contributed by atoms with Crippen LogP contribution in [0.5, 0.6) is 0 Å². The van der Waals surface area contributed by atoms with Crippen LogP contribution in [0.25, 0.3) is 0 Å². The van der Waals surface area contributed by atoms with Gasteiger partial charge < -0.3 is 10.3 Å². The van der Waals surface area contributed by atoms with Gasteiger partial charge in [-0.05, 0) is 13.0 Å². The molecule has 0 radical (unpaired) electrons. The summed E-state index contributed by atoms with van der Waals surface area (Å²) in [6.07, 6.45) is 1.01. The summed E-state index contributed by atoms with van der Waals surface area (Å²) in [7, 11) is 2.11. The van der Waals surface area contributed by atoms with E-state index in [0.717, 1.165) is 24.5 Å². The predicted molar refractivity (Wildman–Crippen MR) is 73.4 cm³/mol. The highest BCUT2D eigenvalue weighted by Gasteiger charge is 2.27. The first-order valence-electron chi connectivity index (χ1n) is 6.50. The molecule has 2 N–H and O–H groups in total. The lowest BCUT2D eigenvalue weighted by atomic mass is 10.0. The lowest BCUT2D eigenvalue weighted by Crippen LogP contribution is -2.33. The van der Waals surface area contributed by atoms with Crippen molar-refractivity contribution in [2.24, 2.45) is 11.7 Å². The van der Waals surface area contributed by atoms with Crippen molar-refractivity contribution in [2.45, 2.75) is 32.4 Å². The van der Waals surface area contributed by atoms with Crippen molar-refractivity contribution in [1.29, 1.82) is 0 Å². The first kappa shape index (κ1) is 13.8. The highest BCUT2D eigenvalue weighted by Crippen LogP contribution is 2.28. The van der Waals surface area contributed by atoms with Gasteiger partial charge in [0.05, 0.1) is 12.1 Å². The van der Waals surface area contributed by atoms with E-state index in [1.807, 2.05) is 11.8 Å². The third kappa shape index (κ3) is 2.87. The number of thioether (sulfide) groups is 1. The summed E-state index contributed by atoms with van der Waals surface area (Å²) in [6, 6.07) is 0.100. The Balaban J connectivity index is 2.09. The van der Waals surface area contributed by atoms with E-state index in [0.29, 0.717) is 11.8 Å². The molecule has 1 aromatic rings. The molecule has 1 aliphatic rings. The zero-order chi connectivity index (χ0) is 13.1. The van der Waals surface area contributed by atoms with E-state index in [1.54, 1.807) is 0 Å². The van der Waals surface area contributed by atoms with Crippen LogP contribution in [0.2, 0.25) is 0 Å². The Morgan fingerprint density at radius 2 is 2.39 bits per heavy atom. The van der Waals surface area contributed by atoms with Crippen molar-refractivity contribution in [3.63, 3.8) is 0 Å². The molecule has 6 heteroatoms. The summed E-state index contributed by atoms with van der Waals surface area (Å²) in [4.78, 5) is 6.77. The fourth-order valence-electron chi connectivity index (χ4n) is 1.97. The number of hydrogen-bond donors (Lipinski definition) is 1. The zero-order valence-corrected chi connectivity index (χ0v) is 12.1. The Bertz CT molecular complexity index is 384. The molecule has 2 heterocycles. The Kier molecular flexibility index (Phi) is 4.64. The van der Waals surface area contributed by atoms with E-state index in [4.69, 9.17) is 10.3 Å². The quantitative estimate of drug-likeness (QED) is 0.900. The summed E-state index contributed by atoms with van der Waals surface area (Å²) in [5.41, 5.74) is 6.11. The number of hydrogen-bond acceptors (Lipinski definition) is 6. The first-order chi connectivity index (χ1) is 8.63. The number of nitrogens with two attached hydrogens (primary N) is 1. The van der Waals surface area contributed by atoms with E-state index < -0.39 is 0 Å². The van der Waals surface area contributed by atoms with Crippen molar-refractivity contribution in [3.8, 4) is 0 Å². The molecular weight excluding hydrogens is 248 g/mol. The number of nitrogens with zero attached hydrogens (tertiary/aromatic N) is 3. The summed E-state index contributed by atoms with van der Waals surface area (Å²) in [5.74, 6) is 3.90. The first-order valence-corrected chi connectivity index (χ1v) is 7.66. The predicted octanol–water partition coefficient (Wildman–Crippen LogP) is 1.84. The molecule has 3 atom stereocenters. The lowest BCUT2D eigenvalue weighted by Gasteiger charge is -2.29. The molecule has 1 aromatic heterocycles. The van der Waals surface area contributed by atoms with Gasteiger partial charge in [0.1, 0.15) is 0 Å². The van der Waals surface area contributed by atoms with Gasteiger partial charge >= 0.3 is 0 Å². The van der Waals surface area contributed by atoms with Crippen molar-refractivity contribution < 1.29 is 4.52 Å². The van der Waals surface area contributed by atoms with E-state index in [2.05, 4.69) is 35.9 Å². The third-order valence-electron chi connectivity index (χ3n) is 3.69. The normalized spacial score (nSPS) is 25.0. The molecule has 1 aliphatic heterocycles.